The zero-order chi connectivity index (χ0) is 14.2. The zero-order valence-electron chi connectivity index (χ0n) is 11.0. The molecule has 0 spiro atoms. The summed E-state index contributed by atoms with van der Waals surface area (Å²) in [5.41, 5.74) is 5.67. The first kappa shape index (κ1) is 12.3. The molecule has 4 nitrogen and oxygen atoms in total. The molecule has 0 saturated carbocycles. The zero-order valence-corrected chi connectivity index (χ0v) is 11.8. The van der Waals surface area contributed by atoms with Gasteiger partial charge in [0.2, 0.25) is 0 Å². The number of rotatable bonds is 1. The van der Waals surface area contributed by atoms with Crippen molar-refractivity contribution in [3.8, 4) is 11.3 Å². The van der Waals surface area contributed by atoms with Crippen molar-refractivity contribution in [2.75, 3.05) is 0 Å². The van der Waals surface area contributed by atoms with Crippen molar-refractivity contribution in [2.45, 2.75) is 6.54 Å². The fourth-order valence-corrected chi connectivity index (χ4v) is 2.75. The second-order valence-electron chi connectivity index (χ2n) is 4.84. The third-order valence-corrected chi connectivity index (χ3v) is 3.78. The summed E-state index contributed by atoms with van der Waals surface area (Å²) in [5, 5.41) is 11.8. The van der Waals surface area contributed by atoms with Crippen LogP contribution in [-0.4, -0.2) is 21.1 Å². The summed E-state index contributed by atoms with van der Waals surface area (Å²) < 4.78 is 0. The molecular weight excluding hydrogens is 284 g/mol. The lowest BCUT2D eigenvalue weighted by Crippen LogP contribution is -2.04. The Kier molecular flexibility index (Phi) is 2.82. The molecule has 0 saturated heterocycles. The van der Waals surface area contributed by atoms with Gasteiger partial charge in [0.1, 0.15) is 11.4 Å². The van der Waals surface area contributed by atoms with Gasteiger partial charge in [0.15, 0.2) is 0 Å². The number of hydrogen-bond acceptors (Lipinski definition) is 3. The fourth-order valence-electron chi connectivity index (χ4n) is 2.58. The van der Waals surface area contributed by atoms with Crippen LogP contribution < -0.4 is 0 Å². The quantitative estimate of drug-likeness (QED) is 0.747. The lowest BCUT2D eigenvalue weighted by atomic mass is 9.96. The number of benzene rings is 2. The van der Waals surface area contributed by atoms with Gasteiger partial charge in [-0.25, -0.2) is 0 Å². The van der Waals surface area contributed by atoms with Crippen molar-refractivity contribution in [1.29, 1.82) is 0 Å². The third kappa shape index (κ3) is 2.04. The Labute approximate surface area is 126 Å². The van der Waals surface area contributed by atoms with Gasteiger partial charge in [-0.3, -0.25) is 4.99 Å². The highest BCUT2D eigenvalue weighted by molar-refractivity contribution is 6.31. The van der Waals surface area contributed by atoms with E-state index < -0.39 is 0 Å². The molecule has 5 heteroatoms. The predicted molar refractivity (Wildman–Crippen MR) is 82.6 cm³/mol. The number of nitrogens with one attached hydrogen (secondary N) is 1. The van der Waals surface area contributed by atoms with Crippen molar-refractivity contribution in [3.63, 3.8) is 0 Å². The van der Waals surface area contributed by atoms with E-state index in [4.69, 9.17) is 16.6 Å². The highest BCUT2D eigenvalue weighted by Gasteiger charge is 2.21. The van der Waals surface area contributed by atoms with Crippen LogP contribution in [0.3, 0.4) is 0 Å². The second-order valence-corrected chi connectivity index (χ2v) is 5.28. The van der Waals surface area contributed by atoms with Gasteiger partial charge in [0.05, 0.1) is 12.3 Å². The fraction of sp³-hybridized carbons (Fsp3) is 0.0625. The number of hydrogen-bond donors (Lipinski definition) is 1. The minimum Gasteiger partial charge on any atom is -0.278 e. The van der Waals surface area contributed by atoms with Gasteiger partial charge < -0.3 is 0 Å². The number of halogens is 1. The highest BCUT2D eigenvalue weighted by atomic mass is 35.5. The van der Waals surface area contributed by atoms with E-state index in [2.05, 4.69) is 15.4 Å². The molecular formula is C16H11ClN4. The summed E-state index contributed by atoms with van der Waals surface area (Å²) in [6, 6.07) is 15.9. The standard InChI is InChI=1S/C16H11ClN4/c17-11-6-7-12-13(8-11)15(10-4-2-1-3-5-10)18-9-14-16(12)20-21-19-14/h1-8H,9H2,(H,19,20,21). The number of aromatic amines is 1. The van der Waals surface area contributed by atoms with Gasteiger partial charge in [-0.15, -0.1) is 0 Å². The van der Waals surface area contributed by atoms with Crippen LogP contribution in [0.1, 0.15) is 16.8 Å². The summed E-state index contributed by atoms with van der Waals surface area (Å²) in [5.74, 6) is 0. The Hall–Kier alpha value is -2.46. The first-order valence-corrected chi connectivity index (χ1v) is 7.00. The van der Waals surface area contributed by atoms with Gasteiger partial charge in [-0.05, 0) is 12.1 Å². The molecule has 0 bridgehead atoms. The number of aliphatic imine (C=N–C) groups is 1. The molecule has 0 aliphatic carbocycles. The molecule has 1 N–H and O–H groups in total. The molecule has 1 aliphatic heterocycles. The third-order valence-electron chi connectivity index (χ3n) is 3.55. The second kappa shape index (κ2) is 4.82. The minimum absolute atomic E-state index is 0.502. The summed E-state index contributed by atoms with van der Waals surface area (Å²) in [7, 11) is 0. The number of nitrogens with zero attached hydrogens (tertiary/aromatic N) is 3. The molecule has 0 radical (unpaired) electrons. The van der Waals surface area contributed by atoms with Gasteiger partial charge in [-0.1, -0.05) is 48.0 Å². The van der Waals surface area contributed by atoms with E-state index in [1.54, 1.807) is 0 Å². The van der Waals surface area contributed by atoms with Crippen LogP contribution in [0.4, 0.5) is 0 Å². The Morgan fingerprint density at radius 3 is 2.67 bits per heavy atom. The smallest absolute Gasteiger partial charge is 0.118 e. The van der Waals surface area contributed by atoms with E-state index in [1.165, 1.54) is 0 Å². The van der Waals surface area contributed by atoms with Crippen molar-refractivity contribution >= 4 is 17.3 Å². The lowest BCUT2D eigenvalue weighted by molar-refractivity contribution is 0.898. The number of aromatic nitrogens is 3. The first-order valence-electron chi connectivity index (χ1n) is 6.63. The maximum atomic E-state index is 6.18. The van der Waals surface area contributed by atoms with E-state index in [-0.39, 0.29) is 0 Å². The van der Waals surface area contributed by atoms with E-state index in [0.29, 0.717) is 11.6 Å². The maximum Gasteiger partial charge on any atom is 0.118 e. The minimum atomic E-state index is 0.502. The normalized spacial score (nSPS) is 13.1. The molecule has 4 rings (SSSR count). The van der Waals surface area contributed by atoms with Crippen molar-refractivity contribution in [1.82, 2.24) is 15.4 Å². The molecule has 1 aromatic heterocycles. The molecule has 0 unspecified atom stereocenters. The Bertz CT molecular complexity index is 836. The average molecular weight is 295 g/mol. The summed E-state index contributed by atoms with van der Waals surface area (Å²) in [4.78, 5) is 4.72. The topological polar surface area (TPSA) is 53.9 Å². The van der Waals surface area contributed by atoms with Crippen molar-refractivity contribution in [2.24, 2.45) is 4.99 Å². The van der Waals surface area contributed by atoms with Crippen LogP contribution in [0.2, 0.25) is 5.02 Å². The summed E-state index contributed by atoms with van der Waals surface area (Å²) in [6.45, 7) is 0.502. The number of H-pyrrole nitrogens is 1. The predicted octanol–water partition coefficient (Wildman–Crippen LogP) is 3.48. The van der Waals surface area contributed by atoms with Crippen molar-refractivity contribution in [3.05, 3.63) is 70.4 Å². The molecule has 21 heavy (non-hydrogen) atoms. The van der Waals surface area contributed by atoms with E-state index in [9.17, 15) is 0 Å². The van der Waals surface area contributed by atoms with Crippen molar-refractivity contribution < 1.29 is 0 Å². The monoisotopic (exact) mass is 294 g/mol. The summed E-state index contributed by atoms with van der Waals surface area (Å²) >= 11 is 6.18. The Morgan fingerprint density at radius 1 is 0.952 bits per heavy atom. The molecule has 3 aromatic rings. The molecule has 0 amide bonds. The van der Waals surface area contributed by atoms with Gasteiger partial charge >= 0.3 is 0 Å². The number of fused-ring (bicyclic) bond motifs is 3. The lowest BCUT2D eigenvalue weighted by Gasteiger charge is -2.10. The van der Waals surface area contributed by atoms with Crippen LogP contribution in [-0.2, 0) is 6.54 Å². The SMILES string of the molecule is Clc1ccc2c(c1)C(c1ccccc1)=NCc1n[nH]nc1-2. The van der Waals surface area contributed by atoms with Gasteiger partial charge in [0.25, 0.3) is 0 Å². The van der Waals surface area contributed by atoms with Crippen LogP contribution in [0.25, 0.3) is 11.3 Å². The van der Waals surface area contributed by atoms with Crippen LogP contribution in [0.15, 0.2) is 53.5 Å². The summed E-state index contributed by atoms with van der Waals surface area (Å²) in [6.07, 6.45) is 0. The van der Waals surface area contributed by atoms with Gasteiger partial charge in [0, 0.05) is 21.7 Å². The first-order chi connectivity index (χ1) is 10.3. The van der Waals surface area contributed by atoms with Crippen LogP contribution in [0.5, 0.6) is 0 Å². The van der Waals surface area contributed by atoms with Crippen LogP contribution >= 0.6 is 11.6 Å². The average Bonchev–Trinajstić information content (AvgIpc) is 2.92. The molecule has 1 aliphatic rings. The largest absolute Gasteiger partial charge is 0.278 e. The molecule has 0 fully saturated rings. The van der Waals surface area contributed by atoms with Crippen LogP contribution in [0, 0.1) is 0 Å². The van der Waals surface area contributed by atoms with E-state index in [0.717, 1.165) is 33.8 Å². The van der Waals surface area contributed by atoms with E-state index in [1.807, 2.05) is 48.5 Å². The highest BCUT2D eigenvalue weighted by Crippen LogP contribution is 2.31. The molecule has 102 valence electrons. The van der Waals surface area contributed by atoms with E-state index >= 15 is 0 Å². The van der Waals surface area contributed by atoms with Gasteiger partial charge in [-0.2, -0.15) is 15.4 Å². The molecule has 2 heterocycles. The maximum absolute atomic E-state index is 6.18. The molecule has 0 atom stereocenters. The Balaban J connectivity index is 2.00. The Morgan fingerprint density at radius 2 is 1.81 bits per heavy atom. The molecule has 2 aromatic carbocycles.